The Bertz CT molecular complexity index is 562. The van der Waals surface area contributed by atoms with Gasteiger partial charge in [-0.15, -0.1) is 0 Å². The molecule has 0 aliphatic rings. The van der Waals surface area contributed by atoms with Gasteiger partial charge in [-0.05, 0) is 12.1 Å². The highest BCUT2D eigenvalue weighted by Crippen LogP contribution is 2.27. The predicted molar refractivity (Wildman–Crippen MR) is 74.1 cm³/mol. The molecule has 0 saturated carbocycles. The lowest BCUT2D eigenvalue weighted by Crippen LogP contribution is -2.29. The van der Waals surface area contributed by atoms with Crippen LogP contribution in [0.5, 0.6) is 0 Å². The third-order valence-corrected chi connectivity index (χ3v) is 3.91. The second kappa shape index (κ2) is 6.69. The van der Waals surface area contributed by atoms with Gasteiger partial charge < -0.3 is 5.32 Å². The van der Waals surface area contributed by atoms with Crippen molar-refractivity contribution in [2.24, 2.45) is 0 Å². The van der Waals surface area contributed by atoms with Gasteiger partial charge in [0.25, 0.3) is 5.69 Å². The zero-order valence-corrected chi connectivity index (χ0v) is 11.8. The highest BCUT2D eigenvalue weighted by molar-refractivity contribution is 7.89. The van der Waals surface area contributed by atoms with E-state index >= 15 is 0 Å². The van der Waals surface area contributed by atoms with E-state index in [2.05, 4.69) is 10.0 Å². The molecule has 0 atom stereocenters. The Kier molecular flexibility index (Phi) is 5.52. The fourth-order valence-corrected chi connectivity index (χ4v) is 2.55. The van der Waals surface area contributed by atoms with Gasteiger partial charge in [0.05, 0.1) is 10.7 Å². The van der Waals surface area contributed by atoms with E-state index in [4.69, 9.17) is 11.6 Å². The first-order valence-electron chi connectivity index (χ1n) is 5.51. The Balaban J connectivity index is 2.73. The SMILES string of the molecule is CCNS(=O)(=O)CCNc1cc(Cl)ccc1[N+](=O)[O-]. The maximum atomic E-state index is 11.4. The van der Waals surface area contributed by atoms with Crippen molar-refractivity contribution in [1.82, 2.24) is 4.72 Å². The van der Waals surface area contributed by atoms with Crippen LogP contribution < -0.4 is 10.0 Å². The van der Waals surface area contributed by atoms with Crippen molar-refractivity contribution in [3.05, 3.63) is 33.3 Å². The Hall–Kier alpha value is -1.38. The maximum absolute atomic E-state index is 11.4. The summed E-state index contributed by atoms with van der Waals surface area (Å²) < 4.78 is 25.1. The van der Waals surface area contributed by atoms with E-state index in [1.54, 1.807) is 6.92 Å². The molecule has 1 aromatic rings. The van der Waals surface area contributed by atoms with Crippen LogP contribution in [0.2, 0.25) is 5.02 Å². The number of nitrogens with one attached hydrogen (secondary N) is 2. The number of anilines is 1. The smallest absolute Gasteiger partial charge is 0.292 e. The van der Waals surface area contributed by atoms with E-state index in [1.165, 1.54) is 18.2 Å². The summed E-state index contributed by atoms with van der Waals surface area (Å²) in [5, 5.41) is 13.8. The summed E-state index contributed by atoms with van der Waals surface area (Å²) in [6.07, 6.45) is 0. The summed E-state index contributed by atoms with van der Waals surface area (Å²) >= 11 is 5.75. The number of rotatable bonds is 7. The molecule has 0 aliphatic carbocycles. The van der Waals surface area contributed by atoms with E-state index < -0.39 is 14.9 Å². The van der Waals surface area contributed by atoms with E-state index in [0.29, 0.717) is 11.6 Å². The Morgan fingerprint density at radius 1 is 1.42 bits per heavy atom. The highest BCUT2D eigenvalue weighted by Gasteiger charge is 2.15. The van der Waals surface area contributed by atoms with Gasteiger partial charge in [0.15, 0.2) is 0 Å². The number of halogens is 1. The van der Waals surface area contributed by atoms with Crippen LogP contribution in [0.4, 0.5) is 11.4 Å². The van der Waals surface area contributed by atoms with Crippen LogP contribution in [0.3, 0.4) is 0 Å². The summed E-state index contributed by atoms with van der Waals surface area (Å²) in [6.45, 7) is 2.03. The minimum atomic E-state index is -3.36. The molecule has 19 heavy (non-hydrogen) atoms. The molecule has 0 bridgehead atoms. The molecule has 0 amide bonds. The molecule has 0 saturated heterocycles. The second-order valence-corrected chi connectivity index (χ2v) is 6.02. The van der Waals surface area contributed by atoms with Gasteiger partial charge in [0.2, 0.25) is 10.0 Å². The Morgan fingerprint density at radius 2 is 2.11 bits per heavy atom. The highest BCUT2D eigenvalue weighted by atomic mass is 35.5. The normalized spacial score (nSPS) is 11.3. The summed E-state index contributed by atoms with van der Waals surface area (Å²) in [7, 11) is -3.36. The molecule has 106 valence electrons. The number of sulfonamides is 1. The first-order valence-corrected chi connectivity index (χ1v) is 7.54. The largest absolute Gasteiger partial charge is 0.378 e. The number of benzene rings is 1. The van der Waals surface area contributed by atoms with Gasteiger partial charge in [-0.2, -0.15) is 0 Å². The molecule has 0 aliphatic heterocycles. The number of hydrogen-bond acceptors (Lipinski definition) is 5. The van der Waals surface area contributed by atoms with Crippen LogP contribution >= 0.6 is 11.6 Å². The lowest BCUT2D eigenvalue weighted by molar-refractivity contribution is -0.384. The lowest BCUT2D eigenvalue weighted by Gasteiger charge is -2.08. The minimum Gasteiger partial charge on any atom is -0.378 e. The van der Waals surface area contributed by atoms with Crippen molar-refractivity contribution in [3.63, 3.8) is 0 Å². The van der Waals surface area contributed by atoms with Gasteiger partial charge in [0.1, 0.15) is 5.69 Å². The van der Waals surface area contributed by atoms with E-state index in [1.807, 2.05) is 0 Å². The van der Waals surface area contributed by atoms with Gasteiger partial charge in [-0.1, -0.05) is 18.5 Å². The molecule has 7 nitrogen and oxygen atoms in total. The zero-order chi connectivity index (χ0) is 14.5. The molecule has 1 aromatic carbocycles. The number of nitro benzene ring substituents is 1. The fraction of sp³-hybridized carbons (Fsp3) is 0.400. The molecule has 0 fully saturated rings. The van der Waals surface area contributed by atoms with Crippen LogP contribution in [0.15, 0.2) is 18.2 Å². The van der Waals surface area contributed by atoms with E-state index in [-0.39, 0.29) is 23.7 Å². The van der Waals surface area contributed by atoms with Crippen molar-refractivity contribution >= 4 is 33.0 Å². The van der Waals surface area contributed by atoms with Crippen LogP contribution in [0, 0.1) is 10.1 Å². The first-order chi connectivity index (χ1) is 8.85. The summed E-state index contributed by atoms with van der Waals surface area (Å²) in [5.74, 6) is -0.176. The lowest BCUT2D eigenvalue weighted by atomic mass is 10.2. The van der Waals surface area contributed by atoms with Crippen molar-refractivity contribution in [2.75, 3.05) is 24.2 Å². The summed E-state index contributed by atoms with van der Waals surface area (Å²) in [5.41, 5.74) is 0.0504. The molecule has 0 heterocycles. The average molecular weight is 308 g/mol. The van der Waals surface area contributed by atoms with Crippen LogP contribution in [-0.2, 0) is 10.0 Å². The van der Waals surface area contributed by atoms with Gasteiger partial charge >= 0.3 is 0 Å². The minimum absolute atomic E-state index is 0.0521. The molecule has 0 unspecified atom stereocenters. The third-order valence-electron chi connectivity index (χ3n) is 2.21. The maximum Gasteiger partial charge on any atom is 0.292 e. The summed E-state index contributed by atoms with van der Waals surface area (Å²) in [4.78, 5) is 10.2. The Morgan fingerprint density at radius 3 is 2.68 bits per heavy atom. The second-order valence-electron chi connectivity index (χ2n) is 3.66. The quantitative estimate of drug-likeness (QED) is 0.588. The molecule has 0 aromatic heterocycles. The standard InChI is InChI=1S/C10H14ClN3O4S/c1-2-13-19(17,18)6-5-12-9-7-8(11)3-4-10(9)14(15)16/h3-4,7,12-13H,2,5-6H2,1H3. The molecule has 9 heteroatoms. The molecular formula is C10H14ClN3O4S. The zero-order valence-electron chi connectivity index (χ0n) is 10.2. The average Bonchev–Trinajstić information content (AvgIpc) is 2.28. The van der Waals surface area contributed by atoms with Crippen molar-refractivity contribution in [3.8, 4) is 0 Å². The number of hydrogen-bond donors (Lipinski definition) is 2. The van der Waals surface area contributed by atoms with Gasteiger partial charge in [-0.3, -0.25) is 10.1 Å². The van der Waals surface area contributed by atoms with E-state index in [9.17, 15) is 18.5 Å². The Labute approximate surface area is 116 Å². The predicted octanol–water partition coefficient (Wildman–Crippen LogP) is 1.60. The topological polar surface area (TPSA) is 101 Å². The number of nitro groups is 1. The molecule has 1 rings (SSSR count). The van der Waals surface area contributed by atoms with Gasteiger partial charge in [0, 0.05) is 24.2 Å². The van der Waals surface area contributed by atoms with Crippen LogP contribution in [0.25, 0.3) is 0 Å². The monoisotopic (exact) mass is 307 g/mol. The van der Waals surface area contributed by atoms with Crippen molar-refractivity contribution in [1.29, 1.82) is 0 Å². The first kappa shape index (κ1) is 15.7. The molecule has 2 N–H and O–H groups in total. The molecule has 0 spiro atoms. The van der Waals surface area contributed by atoms with Crippen molar-refractivity contribution < 1.29 is 13.3 Å². The van der Waals surface area contributed by atoms with Gasteiger partial charge in [-0.25, -0.2) is 13.1 Å². The molecule has 0 radical (unpaired) electrons. The van der Waals surface area contributed by atoms with E-state index in [0.717, 1.165) is 0 Å². The number of nitrogens with zero attached hydrogens (tertiary/aromatic N) is 1. The van der Waals surface area contributed by atoms with Crippen molar-refractivity contribution in [2.45, 2.75) is 6.92 Å². The van der Waals surface area contributed by atoms with Crippen LogP contribution in [0.1, 0.15) is 6.92 Å². The molecular weight excluding hydrogens is 294 g/mol. The summed E-state index contributed by atoms with van der Waals surface area (Å²) in [6, 6.07) is 4.06. The van der Waals surface area contributed by atoms with Crippen LogP contribution in [-0.4, -0.2) is 32.2 Å². The fourth-order valence-electron chi connectivity index (χ4n) is 1.42. The third kappa shape index (κ3) is 5.01.